The quantitative estimate of drug-likeness (QED) is 0.828. The van der Waals surface area contributed by atoms with Crippen LogP contribution in [0.15, 0.2) is 24.3 Å². The molecule has 0 radical (unpaired) electrons. The summed E-state index contributed by atoms with van der Waals surface area (Å²) in [5, 5.41) is 0. The molecule has 1 saturated heterocycles. The third-order valence-corrected chi connectivity index (χ3v) is 4.92. The molecule has 0 aliphatic carbocycles. The van der Waals surface area contributed by atoms with Gasteiger partial charge >= 0.3 is 0 Å². The van der Waals surface area contributed by atoms with Crippen LogP contribution < -0.4 is 10.6 Å². The van der Waals surface area contributed by atoms with Crippen LogP contribution in [0.2, 0.25) is 0 Å². The number of carbonyl (C=O) groups is 1. The first-order chi connectivity index (χ1) is 11.0. The maximum Gasteiger partial charge on any atom is 0.254 e. The molecule has 6 heteroatoms. The van der Waals surface area contributed by atoms with Crippen LogP contribution in [-0.2, 0) is 0 Å². The summed E-state index contributed by atoms with van der Waals surface area (Å²) in [6.45, 7) is 11.1. The molecule has 1 aliphatic heterocycles. The number of carbonyl (C=O) groups excluding carboxylic acids is 1. The minimum Gasteiger partial charge on any atom is -0.369 e. The highest BCUT2D eigenvalue weighted by atomic mass is 35.5. The van der Waals surface area contributed by atoms with Crippen molar-refractivity contribution in [3.63, 3.8) is 0 Å². The van der Waals surface area contributed by atoms with Crippen LogP contribution in [0.25, 0.3) is 0 Å². The normalized spacial score (nSPS) is 19.8. The van der Waals surface area contributed by atoms with Gasteiger partial charge in [0.05, 0.1) is 0 Å². The van der Waals surface area contributed by atoms with Gasteiger partial charge in [0.25, 0.3) is 5.91 Å². The zero-order chi connectivity index (χ0) is 17.0. The fraction of sp³-hybridized carbons (Fsp3) is 0.632. The molecule has 1 aliphatic rings. The number of piperidine rings is 1. The highest BCUT2D eigenvalue weighted by molar-refractivity contribution is 5.95. The molecular formula is C19H33Cl2N3O. The van der Waals surface area contributed by atoms with E-state index in [1.807, 2.05) is 17.0 Å². The van der Waals surface area contributed by atoms with Gasteiger partial charge < -0.3 is 15.5 Å². The zero-order valence-corrected chi connectivity index (χ0v) is 17.4. The van der Waals surface area contributed by atoms with Gasteiger partial charge in [0.1, 0.15) is 0 Å². The number of halogens is 2. The Morgan fingerprint density at radius 1 is 1.28 bits per heavy atom. The first-order valence-corrected chi connectivity index (χ1v) is 8.85. The van der Waals surface area contributed by atoms with E-state index in [2.05, 4.69) is 44.7 Å². The van der Waals surface area contributed by atoms with Crippen LogP contribution in [0.1, 0.15) is 50.9 Å². The molecule has 1 heterocycles. The van der Waals surface area contributed by atoms with Gasteiger partial charge in [-0.3, -0.25) is 4.79 Å². The summed E-state index contributed by atoms with van der Waals surface area (Å²) in [4.78, 5) is 17.1. The Morgan fingerprint density at radius 3 is 2.36 bits per heavy atom. The average Bonchev–Trinajstić information content (AvgIpc) is 2.55. The summed E-state index contributed by atoms with van der Waals surface area (Å²) >= 11 is 0. The summed E-state index contributed by atoms with van der Waals surface area (Å²) in [5.74, 6) is 0.769. The fourth-order valence-corrected chi connectivity index (χ4v) is 3.55. The molecule has 0 aromatic heterocycles. The lowest BCUT2D eigenvalue weighted by molar-refractivity contribution is 0.0573. The van der Waals surface area contributed by atoms with E-state index in [0.29, 0.717) is 18.5 Å². The van der Waals surface area contributed by atoms with E-state index in [-0.39, 0.29) is 36.8 Å². The molecule has 1 aromatic rings. The van der Waals surface area contributed by atoms with Gasteiger partial charge in [0, 0.05) is 43.0 Å². The lowest BCUT2D eigenvalue weighted by Crippen LogP contribution is -2.49. The number of hydrogen-bond donors (Lipinski definition) is 1. The van der Waals surface area contributed by atoms with Gasteiger partial charge in [-0.25, -0.2) is 0 Å². The first kappa shape index (κ1) is 24.0. The summed E-state index contributed by atoms with van der Waals surface area (Å²) < 4.78 is 0. The maximum absolute atomic E-state index is 12.8. The predicted octanol–water partition coefficient (Wildman–Crippen LogP) is 3.96. The summed E-state index contributed by atoms with van der Waals surface area (Å²) in [6, 6.07) is 8.64. The molecule has 0 saturated carbocycles. The van der Waals surface area contributed by atoms with Crippen LogP contribution in [-0.4, -0.2) is 42.5 Å². The van der Waals surface area contributed by atoms with Crippen LogP contribution in [0.4, 0.5) is 5.69 Å². The van der Waals surface area contributed by atoms with Crippen molar-refractivity contribution in [3.8, 4) is 0 Å². The van der Waals surface area contributed by atoms with Crippen molar-refractivity contribution in [2.45, 2.75) is 52.6 Å². The third kappa shape index (κ3) is 5.77. The maximum atomic E-state index is 12.8. The van der Waals surface area contributed by atoms with Crippen molar-refractivity contribution in [3.05, 3.63) is 29.8 Å². The number of nitrogens with zero attached hydrogens (tertiary/aromatic N) is 2. The number of nitrogens with two attached hydrogens (primary N) is 1. The number of amides is 1. The molecule has 1 amide bonds. The van der Waals surface area contributed by atoms with Crippen LogP contribution in [0, 0.1) is 5.92 Å². The van der Waals surface area contributed by atoms with Gasteiger partial charge in [-0.15, -0.1) is 24.8 Å². The molecule has 1 fully saturated rings. The lowest BCUT2D eigenvalue weighted by Gasteiger charge is -2.38. The van der Waals surface area contributed by atoms with Crippen molar-refractivity contribution >= 4 is 36.4 Å². The van der Waals surface area contributed by atoms with Gasteiger partial charge in [-0.05, 0) is 63.8 Å². The summed E-state index contributed by atoms with van der Waals surface area (Å²) in [5.41, 5.74) is 7.82. The molecule has 1 aromatic carbocycles. The molecular weight excluding hydrogens is 357 g/mol. The zero-order valence-electron chi connectivity index (χ0n) is 15.8. The third-order valence-electron chi connectivity index (χ3n) is 4.92. The molecule has 2 unspecified atom stereocenters. The van der Waals surface area contributed by atoms with Gasteiger partial charge in [-0.2, -0.15) is 0 Å². The van der Waals surface area contributed by atoms with E-state index < -0.39 is 0 Å². The van der Waals surface area contributed by atoms with E-state index >= 15 is 0 Å². The van der Waals surface area contributed by atoms with E-state index in [9.17, 15) is 4.79 Å². The van der Waals surface area contributed by atoms with Crippen LogP contribution in [0.5, 0.6) is 0 Å². The Labute approximate surface area is 164 Å². The average molecular weight is 390 g/mol. The smallest absolute Gasteiger partial charge is 0.254 e. The van der Waals surface area contributed by atoms with Crippen molar-refractivity contribution in [2.24, 2.45) is 11.7 Å². The molecule has 2 N–H and O–H groups in total. The Hall–Kier alpha value is -0.970. The molecule has 4 nitrogen and oxygen atoms in total. The second kappa shape index (κ2) is 10.9. The Balaban J connectivity index is 0.00000288. The number of benzene rings is 1. The molecule has 25 heavy (non-hydrogen) atoms. The Kier molecular flexibility index (Phi) is 10.5. The SMILES string of the molecule is CCN(c1ccc(C(=O)N2CCC(C)CC2CN)cc1)C(C)C.Cl.Cl. The lowest BCUT2D eigenvalue weighted by atomic mass is 9.92. The fourth-order valence-electron chi connectivity index (χ4n) is 3.55. The van der Waals surface area contributed by atoms with Gasteiger partial charge in [0.15, 0.2) is 0 Å². The molecule has 2 rings (SSSR count). The molecule has 2 atom stereocenters. The summed E-state index contributed by atoms with van der Waals surface area (Å²) in [6.07, 6.45) is 2.08. The molecule has 144 valence electrons. The largest absolute Gasteiger partial charge is 0.369 e. The van der Waals surface area contributed by atoms with Gasteiger partial charge in [-0.1, -0.05) is 6.92 Å². The number of likely N-dealkylation sites (tertiary alicyclic amines) is 1. The van der Waals surface area contributed by atoms with Crippen molar-refractivity contribution in [1.82, 2.24) is 4.90 Å². The van der Waals surface area contributed by atoms with Crippen LogP contribution in [0.3, 0.4) is 0 Å². The summed E-state index contributed by atoms with van der Waals surface area (Å²) in [7, 11) is 0. The van der Waals surface area contributed by atoms with Crippen molar-refractivity contribution in [2.75, 3.05) is 24.5 Å². The van der Waals surface area contributed by atoms with Crippen molar-refractivity contribution in [1.29, 1.82) is 0 Å². The van der Waals surface area contributed by atoms with E-state index in [1.165, 1.54) is 5.69 Å². The number of anilines is 1. The molecule has 0 bridgehead atoms. The second-order valence-corrected chi connectivity index (χ2v) is 6.94. The highest BCUT2D eigenvalue weighted by Crippen LogP contribution is 2.25. The monoisotopic (exact) mass is 389 g/mol. The highest BCUT2D eigenvalue weighted by Gasteiger charge is 2.29. The van der Waals surface area contributed by atoms with Crippen LogP contribution >= 0.6 is 24.8 Å². The van der Waals surface area contributed by atoms with E-state index in [0.717, 1.165) is 31.5 Å². The van der Waals surface area contributed by atoms with Crippen molar-refractivity contribution < 1.29 is 4.79 Å². The number of rotatable bonds is 5. The van der Waals surface area contributed by atoms with Gasteiger partial charge in [0.2, 0.25) is 0 Å². The molecule has 0 spiro atoms. The van der Waals surface area contributed by atoms with E-state index in [1.54, 1.807) is 0 Å². The van der Waals surface area contributed by atoms with E-state index in [4.69, 9.17) is 5.73 Å². The number of hydrogen-bond acceptors (Lipinski definition) is 3. The standard InChI is InChI=1S/C19H31N3O.2ClH/c1-5-21(14(2)3)17-8-6-16(7-9-17)19(23)22-11-10-15(4)12-18(22)13-20;;/h6-9,14-15,18H,5,10-13,20H2,1-4H3;2*1H. The minimum atomic E-state index is 0. The Bertz CT molecular complexity index is 522. The minimum absolute atomic E-state index is 0. The Morgan fingerprint density at radius 2 is 1.88 bits per heavy atom. The second-order valence-electron chi connectivity index (χ2n) is 6.94. The topological polar surface area (TPSA) is 49.6 Å². The predicted molar refractivity (Wildman–Crippen MR) is 111 cm³/mol. The first-order valence-electron chi connectivity index (χ1n) is 8.85.